The molecule has 0 fully saturated rings. The van der Waals surface area contributed by atoms with Gasteiger partial charge in [-0.15, -0.1) is 0 Å². The summed E-state index contributed by atoms with van der Waals surface area (Å²) in [6, 6.07) is 0. The van der Waals surface area contributed by atoms with Gasteiger partial charge in [-0.2, -0.15) is 0 Å². The summed E-state index contributed by atoms with van der Waals surface area (Å²) in [6.07, 6.45) is 1.93. The normalized spacial score (nSPS) is 13.7. The van der Waals surface area contributed by atoms with Crippen LogP contribution in [0.5, 0.6) is 0 Å². The van der Waals surface area contributed by atoms with Crippen molar-refractivity contribution in [2.45, 2.75) is 39.4 Å². The van der Waals surface area contributed by atoms with Crippen LogP contribution in [-0.4, -0.2) is 12.9 Å². The van der Waals surface area contributed by atoms with E-state index in [9.17, 15) is 5.11 Å². The second-order valence-corrected chi connectivity index (χ2v) is 2.03. The van der Waals surface area contributed by atoms with Gasteiger partial charge in [-0.25, -0.2) is 5.11 Å². The van der Waals surface area contributed by atoms with Crippen LogP contribution < -0.4 is 0 Å². The van der Waals surface area contributed by atoms with Gasteiger partial charge in [-0.05, 0) is 13.3 Å². The Morgan fingerprint density at radius 1 is 1.44 bits per heavy atom. The highest BCUT2D eigenvalue weighted by Gasteiger charge is 2.01. The molecule has 0 aromatic carbocycles. The minimum Gasteiger partial charge on any atom is -0.350 e. The fourth-order valence-electron chi connectivity index (χ4n) is 0.640. The van der Waals surface area contributed by atoms with Gasteiger partial charge in [-0.1, -0.05) is 13.3 Å². The van der Waals surface area contributed by atoms with Crippen LogP contribution in [0, 0.1) is 0 Å². The van der Waals surface area contributed by atoms with Crippen LogP contribution in [0.1, 0.15) is 33.1 Å². The van der Waals surface area contributed by atoms with E-state index in [0.29, 0.717) is 13.0 Å². The van der Waals surface area contributed by atoms with E-state index in [-0.39, 0.29) is 0 Å². The van der Waals surface area contributed by atoms with Gasteiger partial charge < -0.3 is 4.74 Å². The maximum atomic E-state index is 10.7. The number of rotatable bonds is 5. The van der Waals surface area contributed by atoms with Gasteiger partial charge in [0.05, 0.1) is 0 Å². The summed E-state index contributed by atoms with van der Waals surface area (Å²) >= 11 is 0. The van der Waals surface area contributed by atoms with Gasteiger partial charge in [-0.3, -0.25) is 0 Å². The Kier molecular flexibility index (Phi) is 5.99. The fraction of sp³-hybridized carbons (Fsp3) is 1.00. The minimum absolute atomic E-state index is 0.540. The Morgan fingerprint density at radius 2 is 2.11 bits per heavy atom. The van der Waals surface area contributed by atoms with Crippen LogP contribution in [0.15, 0.2) is 0 Å². The first-order valence-electron chi connectivity index (χ1n) is 3.58. The van der Waals surface area contributed by atoms with Crippen molar-refractivity contribution in [2.24, 2.45) is 0 Å². The van der Waals surface area contributed by atoms with Crippen molar-refractivity contribution in [1.29, 1.82) is 0 Å². The van der Waals surface area contributed by atoms with Crippen LogP contribution in [-0.2, 0) is 9.84 Å². The van der Waals surface area contributed by atoms with Crippen LogP contribution >= 0.6 is 0 Å². The van der Waals surface area contributed by atoms with Gasteiger partial charge in [0.2, 0.25) is 0 Å². The van der Waals surface area contributed by atoms with Crippen LogP contribution in [0.4, 0.5) is 0 Å². The lowest BCUT2D eigenvalue weighted by atomic mass is 10.2. The lowest BCUT2D eigenvalue weighted by Gasteiger charge is -2.05. The number of unbranched alkanes of at least 4 members (excludes halogenated alkanes) is 1. The molecule has 0 aliphatic heterocycles. The summed E-state index contributed by atoms with van der Waals surface area (Å²) in [5, 5.41) is 10.7. The van der Waals surface area contributed by atoms with Crippen LogP contribution in [0.2, 0.25) is 0 Å². The first-order valence-corrected chi connectivity index (χ1v) is 3.58. The Bertz CT molecular complexity index is 54.9. The molecule has 0 amide bonds. The summed E-state index contributed by atoms with van der Waals surface area (Å²) < 4.78 is 4.79. The van der Waals surface area contributed by atoms with Crippen molar-refractivity contribution >= 4 is 0 Å². The Labute approximate surface area is 56.8 Å². The van der Waals surface area contributed by atoms with Gasteiger partial charge in [0.1, 0.15) is 0 Å². The standard InChI is InChI=1S/C7H15O2/c1-3-5-6-7(8)9-4-2/h7H,3-6H2,1-2H3. The molecular formula is C7H15O2. The van der Waals surface area contributed by atoms with E-state index in [1.54, 1.807) is 0 Å². The highest BCUT2D eigenvalue weighted by atomic mass is 16.6. The van der Waals surface area contributed by atoms with Crippen molar-refractivity contribution in [2.75, 3.05) is 6.61 Å². The van der Waals surface area contributed by atoms with E-state index in [4.69, 9.17) is 4.74 Å². The third-order valence-electron chi connectivity index (χ3n) is 1.15. The topological polar surface area (TPSA) is 29.1 Å². The first-order chi connectivity index (χ1) is 4.31. The molecule has 0 rings (SSSR count). The first kappa shape index (κ1) is 8.92. The molecule has 0 aromatic heterocycles. The van der Waals surface area contributed by atoms with E-state index in [0.717, 1.165) is 12.8 Å². The summed E-state index contributed by atoms with van der Waals surface area (Å²) in [5.41, 5.74) is 0. The van der Waals surface area contributed by atoms with Crippen LogP contribution in [0.3, 0.4) is 0 Å². The van der Waals surface area contributed by atoms with Crippen molar-refractivity contribution < 1.29 is 9.84 Å². The number of ether oxygens (including phenoxy) is 1. The predicted molar refractivity (Wildman–Crippen MR) is 35.6 cm³/mol. The molecule has 0 bridgehead atoms. The zero-order chi connectivity index (χ0) is 7.11. The fourth-order valence-corrected chi connectivity index (χ4v) is 0.640. The Morgan fingerprint density at radius 3 is 2.56 bits per heavy atom. The van der Waals surface area contributed by atoms with Crippen molar-refractivity contribution in [3.63, 3.8) is 0 Å². The summed E-state index contributed by atoms with van der Waals surface area (Å²) in [5.74, 6) is 0. The average Bonchev–Trinajstić information content (AvgIpc) is 1.85. The molecule has 1 unspecified atom stereocenters. The lowest BCUT2D eigenvalue weighted by Crippen LogP contribution is -2.08. The van der Waals surface area contributed by atoms with Crippen molar-refractivity contribution in [3.05, 3.63) is 0 Å². The molecule has 0 aromatic rings. The largest absolute Gasteiger partial charge is 0.350 e. The highest BCUT2D eigenvalue weighted by molar-refractivity contribution is 4.40. The molecular weight excluding hydrogens is 116 g/mol. The third kappa shape index (κ3) is 5.80. The van der Waals surface area contributed by atoms with E-state index in [1.165, 1.54) is 0 Å². The molecule has 55 valence electrons. The zero-order valence-electron chi connectivity index (χ0n) is 6.22. The van der Waals surface area contributed by atoms with E-state index in [2.05, 4.69) is 6.92 Å². The summed E-state index contributed by atoms with van der Waals surface area (Å²) in [7, 11) is 0. The predicted octanol–water partition coefficient (Wildman–Crippen LogP) is 1.97. The molecule has 1 atom stereocenters. The molecule has 0 spiro atoms. The van der Waals surface area contributed by atoms with Gasteiger partial charge in [0.25, 0.3) is 0 Å². The molecule has 0 saturated heterocycles. The maximum Gasteiger partial charge on any atom is 0.191 e. The summed E-state index contributed by atoms with van der Waals surface area (Å²) in [4.78, 5) is 0. The molecule has 0 N–H and O–H groups in total. The number of hydrogen-bond donors (Lipinski definition) is 0. The second-order valence-electron chi connectivity index (χ2n) is 2.03. The quantitative estimate of drug-likeness (QED) is 0.524. The van der Waals surface area contributed by atoms with Crippen LogP contribution in [0.25, 0.3) is 0 Å². The zero-order valence-corrected chi connectivity index (χ0v) is 6.22. The average molecular weight is 131 g/mol. The minimum atomic E-state index is -0.782. The molecule has 1 radical (unpaired) electrons. The van der Waals surface area contributed by atoms with E-state index < -0.39 is 6.29 Å². The van der Waals surface area contributed by atoms with Gasteiger partial charge in [0, 0.05) is 13.0 Å². The van der Waals surface area contributed by atoms with Gasteiger partial charge >= 0.3 is 0 Å². The van der Waals surface area contributed by atoms with Crippen molar-refractivity contribution in [1.82, 2.24) is 0 Å². The Balaban J connectivity index is 2.95. The Hall–Kier alpha value is -0.0800. The van der Waals surface area contributed by atoms with E-state index in [1.807, 2.05) is 6.92 Å². The van der Waals surface area contributed by atoms with E-state index >= 15 is 0 Å². The molecule has 0 aliphatic carbocycles. The molecule has 2 nitrogen and oxygen atoms in total. The van der Waals surface area contributed by atoms with Crippen molar-refractivity contribution in [3.8, 4) is 0 Å². The molecule has 0 saturated carbocycles. The monoisotopic (exact) mass is 131 g/mol. The maximum absolute atomic E-state index is 10.7. The lowest BCUT2D eigenvalue weighted by molar-refractivity contribution is -0.140. The smallest absolute Gasteiger partial charge is 0.191 e. The SMILES string of the molecule is CCCCC([O])OCC. The third-order valence-corrected chi connectivity index (χ3v) is 1.15. The number of hydrogen-bond acceptors (Lipinski definition) is 1. The summed E-state index contributed by atoms with van der Waals surface area (Å²) in [6.45, 7) is 4.45. The molecule has 0 heterocycles. The second kappa shape index (κ2) is 6.05. The molecule has 0 aliphatic rings. The van der Waals surface area contributed by atoms with Gasteiger partial charge in [0.15, 0.2) is 6.29 Å². The highest BCUT2D eigenvalue weighted by Crippen LogP contribution is 2.01. The molecule has 9 heavy (non-hydrogen) atoms. The molecule has 2 heteroatoms.